The zero-order chi connectivity index (χ0) is 13.7. The van der Waals surface area contributed by atoms with Crippen LogP contribution in [0.15, 0.2) is 24.3 Å². The number of carboxylic acid groups (broad SMARTS) is 1. The Morgan fingerprint density at radius 2 is 2.21 bits per heavy atom. The SMILES string of the molecule is CCCOCc1nc2ccccc2n1CCC(=O)O. The molecule has 19 heavy (non-hydrogen) atoms. The molecule has 5 nitrogen and oxygen atoms in total. The number of aryl methyl sites for hydroxylation is 1. The number of rotatable bonds is 7. The number of hydrogen-bond acceptors (Lipinski definition) is 3. The second kappa shape index (κ2) is 6.33. The van der Waals surface area contributed by atoms with Crippen molar-refractivity contribution in [2.75, 3.05) is 6.61 Å². The molecule has 1 aromatic heterocycles. The van der Waals surface area contributed by atoms with Gasteiger partial charge in [-0.05, 0) is 18.6 Å². The van der Waals surface area contributed by atoms with Crippen molar-refractivity contribution in [1.29, 1.82) is 0 Å². The monoisotopic (exact) mass is 262 g/mol. The lowest BCUT2D eigenvalue weighted by atomic mass is 10.3. The van der Waals surface area contributed by atoms with E-state index in [1.165, 1.54) is 0 Å². The van der Waals surface area contributed by atoms with Crippen LogP contribution >= 0.6 is 0 Å². The van der Waals surface area contributed by atoms with Gasteiger partial charge in [-0.15, -0.1) is 0 Å². The summed E-state index contributed by atoms with van der Waals surface area (Å²) in [6.45, 7) is 3.57. The summed E-state index contributed by atoms with van der Waals surface area (Å²) in [7, 11) is 0. The highest BCUT2D eigenvalue weighted by Gasteiger charge is 2.11. The molecule has 0 fully saturated rings. The first-order chi connectivity index (χ1) is 9.22. The summed E-state index contributed by atoms with van der Waals surface area (Å²) in [5.41, 5.74) is 1.84. The number of carbonyl (C=O) groups is 1. The van der Waals surface area contributed by atoms with E-state index in [-0.39, 0.29) is 6.42 Å². The molecule has 0 radical (unpaired) electrons. The standard InChI is InChI=1S/C14H18N2O3/c1-2-9-19-10-13-15-11-5-3-4-6-12(11)16(13)8-7-14(17)18/h3-6H,2,7-10H2,1H3,(H,17,18). The Morgan fingerprint density at radius 1 is 1.42 bits per heavy atom. The van der Waals surface area contributed by atoms with Crippen LogP contribution in [-0.2, 0) is 22.7 Å². The Hall–Kier alpha value is -1.88. The van der Waals surface area contributed by atoms with Crippen LogP contribution in [0.3, 0.4) is 0 Å². The fraction of sp³-hybridized carbons (Fsp3) is 0.429. The van der Waals surface area contributed by atoms with Gasteiger partial charge in [-0.1, -0.05) is 19.1 Å². The molecule has 0 aliphatic carbocycles. The first-order valence-electron chi connectivity index (χ1n) is 6.46. The van der Waals surface area contributed by atoms with Gasteiger partial charge in [0, 0.05) is 13.2 Å². The first kappa shape index (κ1) is 13.5. The number of fused-ring (bicyclic) bond motifs is 1. The van der Waals surface area contributed by atoms with Gasteiger partial charge in [0.2, 0.25) is 0 Å². The van der Waals surface area contributed by atoms with Gasteiger partial charge in [-0.3, -0.25) is 4.79 Å². The molecule has 102 valence electrons. The van der Waals surface area contributed by atoms with Gasteiger partial charge in [0.25, 0.3) is 0 Å². The van der Waals surface area contributed by atoms with Crippen LogP contribution in [0.25, 0.3) is 11.0 Å². The maximum Gasteiger partial charge on any atom is 0.305 e. The summed E-state index contributed by atoms with van der Waals surface area (Å²) in [5, 5.41) is 8.82. The fourth-order valence-corrected chi connectivity index (χ4v) is 2.00. The average Bonchev–Trinajstić information content (AvgIpc) is 2.74. The molecule has 1 N–H and O–H groups in total. The lowest BCUT2D eigenvalue weighted by Gasteiger charge is -2.08. The predicted molar refractivity (Wildman–Crippen MR) is 71.9 cm³/mol. The minimum absolute atomic E-state index is 0.0845. The van der Waals surface area contributed by atoms with E-state index in [4.69, 9.17) is 9.84 Å². The van der Waals surface area contributed by atoms with Crippen LogP contribution in [0.4, 0.5) is 0 Å². The molecule has 2 aromatic rings. The zero-order valence-corrected chi connectivity index (χ0v) is 11.0. The number of para-hydroxylation sites is 2. The lowest BCUT2D eigenvalue weighted by Crippen LogP contribution is -2.09. The van der Waals surface area contributed by atoms with Crippen molar-refractivity contribution >= 4 is 17.0 Å². The Kier molecular flexibility index (Phi) is 4.52. The molecule has 0 unspecified atom stereocenters. The Morgan fingerprint density at radius 3 is 2.95 bits per heavy atom. The lowest BCUT2D eigenvalue weighted by molar-refractivity contribution is -0.137. The van der Waals surface area contributed by atoms with E-state index in [1.807, 2.05) is 35.8 Å². The third kappa shape index (κ3) is 3.32. The minimum Gasteiger partial charge on any atom is -0.481 e. The van der Waals surface area contributed by atoms with Crippen molar-refractivity contribution in [3.63, 3.8) is 0 Å². The number of ether oxygens (including phenoxy) is 1. The highest BCUT2D eigenvalue weighted by molar-refractivity contribution is 5.76. The van der Waals surface area contributed by atoms with Crippen LogP contribution in [-0.4, -0.2) is 27.2 Å². The molecule has 0 aliphatic rings. The molecule has 0 saturated carbocycles. The molecule has 1 heterocycles. The third-order valence-corrected chi connectivity index (χ3v) is 2.86. The van der Waals surface area contributed by atoms with Gasteiger partial charge in [-0.2, -0.15) is 0 Å². The highest BCUT2D eigenvalue weighted by atomic mass is 16.5. The molecule has 0 bridgehead atoms. The normalized spacial score (nSPS) is 11.0. The molecule has 0 spiro atoms. The number of aliphatic carboxylic acids is 1. The Bertz CT molecular complexity index is 563. The van der Waals surface area contributed by atoms with Crippen LogP contribution in [0, 0.1) is 0 Å². The average molecular weight is 262 g/mol. The van der Waals surface area contributed by atoms with E-state index >= 15 is 0 Å². The molecule has 0 saturated heterocycles. The van der Waals surface area contributed by atoms with Crippen molar-refractivity contribution in [3.05, 3.63) is 30.1 Å². The van der Waals surface area contributed by atoms with Crippen LogP contribution < -0.4 is 0 Å². The van der Waals surface area contributed by atoms with E-state index in [2.05, 4.69) is 4.98 Å². The molecular formula is C14H18N2O3. The van der Waals surface area contributed by atoms with E-state index in [0.717, 1.165) is 23.3 Å². The summed E-state index contributed by atoms with van der Waals surface area (Å²) in [6.07, 6.45) is 1.04. The number of imidazole rings is 1. The topological polar surface area (TPSA) is 64.4 Å². The van der Waals surface area contributed by atoms with Crippen molar-refractivity contribution in [2.24, 2.45) is 0 Å². The Labute approximate surface area is 111 Å². The molecule has 5 heteroatoms. The van der Waals surface area contributed by atoms with Crippen LogP contribution in [0.2, 0.25) is 0 Å². The number of hydrogen-bond donors (Lipinski definition) is 1. The maximum atomic E-state index is 10.7. The summed E-state index contributed by atoms with van der Waals surface area (Å²) in [5.74, 6) is -0.0193. The van der Waals surface area contributed by atoms with Gasteiger partial charge < -0.3 is 14.4 Å². The third-order valence-electron chi connectivity index (χ3n) is 2.86. The van der Waals surface area contributed by atoms with Crippen molar-refractivity contribution in [1.82, 2.24) is 9.55 Å². The van der Waals surface area contributed by atoms with Crippen molar-refractivity contribution < 1.29 is 14.6 Å². The second-order valence-electron chi connectivity index (χ2n) is 4.36. The summed E-state index contributed by atoms with van der Waals surface area (Å²) in [6, 6.07) is 7.73. The summed E-state index contributed by atoms with van der Waals surface area (Å²) in [4.78, 5) is 15.2. The van der Waals surface area contributed by atoms with Gasteiger partial charge in [0.1, 0.15) is 12.4 Å². The van der Waals surface area contributed by atoms with Gasteiger partial charge in [-0.25, -0.2) is 4.98 Å². The zero-order valence-electron chi connectivity index (χ0n) is 11.0. The molecule has 2 rings (SSSR count). The maximum absolute atomic E-state index is 10.7. The molecule has 1 aromatic carbocycles. The highest BCUT2D eigenvalue weighted by Crippen LogP contribution is 2.17. The molecule has 0 amide bonds. The fourth-order valence-electron chi connectivity index (χ4n) is 2.00. The van der Waals surface area contributed by atoms with E-state index in [1.54, 1.807) is 0 Å². The van der Waals surface area contributed by atoms with E-state index in [9.17, 15) is 4.79 Å². The van der Waals surface area contributed by atoms with Crippen LogP contribution in [0.5, 0.6) is 0 Å². The van der Waals surface area contributed by atoms with E-state index < -0.39 is 5.97 Å². The smallest absolute Gasteiger partial charge is 0.305 e. The predicted octanol–water partition coefficient (Wildman–Crippen LogP) is 2.44. The summed E-state index contributed by atoms with van der Waals surface area (Å²) < 4.78 is 7.44. The minimum atomic E-state index is -0.807. The largest absolute Gasteiger partial charge is 0.481 e. The quantitative estimate of drug-likeness (QED) is 0.778. The number of carboxylic acids is 1. The summed E-state index contributed by atoms with van der Waals surface area (Å²) >= 11 is 0. The van der Waals surface area contributed by atoms with Crippen LogP contribution in [0.1, 0.15) is 25.6 Å². The second-order valence-corrected chi connectivity index (χ2v) is 4.36. The first-order valence-corrected chi connectivity index (χ1v) is 6.46. The van der Waals surface area contributed by atoms with Crippen molar-refractivity contribution in [3.8, 4) is 0 Å². The molecule has 0 atom stereocenters. The van der Waals surface area contributed by atoms with Crippen molar-refractivity contribution in [2.45, 2.75) is 32.9 Å². The molecular weight excluding hydrogens is 244 g/mol. The number of aromatic nitrogens is 2. The van der Waals surface area contributed by atoms with E-state index in [0.29, 0.717) is 19.8 Å². The van der Waals surface area contributed by atoms with Gasteiger partial charge in [0.05, 0.1) is 17.5 Å². The number of benzene rings is 1. The molecule has 0 aliphatic heterocycles. The number of nitrogens with zero attached hydrogens (tertiary/aromatic N) is 2. The van der Waals surface area contributed by atoms with Gasteiger partial charge in [0.15, 0.2) is 0 Å². The Balaban J connectivity index is 2.26. The van der Waals surface area contributed by atoms with Gasteiger partial charge >= 0.3 is 5.97 Å².